The molecule has 6 nitrogen and oxygen atoms in total. The van der Waals surface area contributed by atoms with Crippen LogP contribution in [0, 0.1) is 0 Å². The van der Waals surface area contributed by atoms with Gasteiger partial charge in [-0.05, 0) is 31.0 Å². The highest BCUT2D eigenvalue weighted by molar-refractivity contribution is 5.84. The quantitative estimate of drug-likeness (QED) is 0.565. The highest BCUT2D eigenvalue weighted by Crippen LogP contribution is 2.31. The first-order chi connectivity index (χ1) is 12.4. The number of aromatic nitrogens is 5. The average molecular weight is 330 g/mol. The molecule has 0 amide bonds. The van der Waals surface area contributed by atoms with Crippen LogP contribution in [0.15, 0.2) is 55.2 Å². The van der Waals surface area contributed by atoms with Gasteiger partial charge >= 0.3 is 0 Å². The molecule has 6 heteroatoms. The lowest BCUT2D eigenvalue weighted by molar-refractivity contribution is 0.484. The fourth-order valence-corrected chi connectivity index (χ4v) is 3.69. The van der Waals surface area contributed by atoms with Crippen LogP contribution in [0.4, 0.5) is 5.82 Å². The Labute approximate surface area is 145 Å². The van der Waals surface area contributed by atoms with Crippen LogP contribution in [0.3, 0.4) is 0 Å². The first-order valence-electron chi connectivity index (χ1n) is 8.63. The molecule has 0 aliphatic carbocycles. The van der Waals surface area contributed by atoms with E-state index >= 15 is 0 Å². The molecule has 4 heterocycles. The Balaban J connectivity index is 1.49. The Morgan fingerprint density at radius 1 is 0.920 bits per heavy atom. The molecule has 1 fully saturated rings. The van der Waals surface area contributed by atoms with Gasteiger partial charge in [0, 0.05) is 31.4 Å². The van der Waals surface area contributed by atoms with E-state index in [2.05, 4.69) is 36.4 Å². The molecule has 0 bridgehead atoms. The third kappa shape index (κ3) is 2.41. The third-order valence-electron chi connectivity index (χ3n) is 4.98. The number of imidazole rings is 1. The molecule has 0 N–H and O–H groups in total. The van der Waals surface area contributed by atoms with Crippen molar-refractivity contribution in [3.8, 4) is 0 Å². The number of anilines is 1. The lowest BCUT2D eigenvalue weighted by Gasteiger charge is -2.32. The Morgan fingerprint density at radius 3 is 2.56 bits per heavy atom. The molecular formula is C19H18N6. The van der Waals surface area contributed by atoms with E-state index in [4.69, 9.17) is 4.98 Å². The third-order valence-corrected chi connectivity index (χ3v) is 4.98. The molecule has 1 aliphatic rings. The highest BCUT2D eigenvalue weighted by atomic mass is 15.2. The number of para-hydroxylation sites is 2. The van der Waals surface area contributed by atoms with Gasteiger partial charge < -0.3 is 4.90 Å². The summed E-state index contributed by atoms with van der Waals surface area (Å²) in [5, 5.41) is 0. The van der Waals surface area contributed by atoms with Crippen molar-refractivity contribution in [1.29, 1.82) is 0 Å². The van der Waals surface area contributed by atoms with Crippen molar-refractivity contribution in [3.05, 3.63) is 61.1 Å². The van der Waals surface area contributed by atoms with Gasteiger partial charge in [0.15, 0.2) is 5.82 Å². The zero-order valence-electron chi connectivity index (χ0n) is 13.8. The summed E-state index contributed by atoms with van der Waals surface area (Å²) in [7, 11) is 0. The van der Waals surface area contributed by atoms with Gasteiger partial charge in [-0.2, -0.15) is 0 Å². The van der Waals surface area contributed by atoms with Crippen LogP contribution in [-0.4, -0.2) is 37.4 Å². The van der Waals surface area contributed by atoms with Crippen molar-refractivity contribution in [2.75, 3.05) is 18.0 Å². The van der Waals surface area contributed by atoms with E-state index in [1.54, 1.807) is 0 Å². The number of benzene rings is 1. The topological polar surface area (TPSA) is 59.2 Å². The summed E-state index contributed by atoms with van der Waals surface area (Å²) in [5.41, 5.74) is 3.15. The van der Waals surface area contributed by atoms with Crippen molar-refractivity contribution in [2.45, 2.75) is 18.8 Å². The van der Waals surface area contributed by atoms with E-state index in [-0.39, 0.29) is 0 Å². The predicted molar refractivity (Wildman–Crippen MR) is 96.7 cm³/mol. The second-order valence-electron chi connectivity index (χ2n) is 6.44. The number of nitrogens with zero attached hydrogens (tertiary/aromatic N) is 6. The second kappa shape index (κ2) is 5.81. The first kappa shape index (κ1) is 14.3. The molecule has 1 aromatic carbocycles. The summed E-state index contributed by atoms with van der Waals surface area (Å²) in [6, 6.07) is 10.1. The van der Waals surface area contributed by atoms with E-state index in [0.717, 1.165) is 54.1 Å². The maximum absolute atomic E-state index is 4.93. The smallest absolute Gasteiger partial charge is 0.155 e. The van der Waals surface area contributed by atoms with Crippen molar-refractivity contribution < 1.29 is 0 Å². The standard InChI is InChI=1S/C19H18N6/c1-2-5-16-15(4-1)23-19(17-12-20-13-25(16)17)24-10-6-14(7-11-24)18-21-8-3-9-22-18/h1-5,8-9,12-14H,6-7,10-11H2. The van der Waals surface area contributed by atoms with Crippen LogP contribution < -0.4 is 4.90 Å². The Hall–Kier alpha value is -3.02. The molecule has 4 aromatic rings. The summed E-state index contributed by atoms with van der Waals surface area (Å²) in [4.78, 5) is 20.5. The molecule has 0 spiro atoms. The van der Waals surface area contributed by atoms with Gasteiger partial charge in [0.25, 0.3) is 0 Å². The molecule has 0 unspecified atom stereocenters. The van der Waals surface area contributed by atoms with Gasteiger partial charge in [-0.15, -0.1) is 0 Å². The molecule has 1 saturated heterocycles. The first-order valence-corrected chi connectivity index (χ1v) is 8.63. The Morgan fingerprint density at radius 2 is 1.72 bits per heavy atom. The number of piperidine rings is 1. The SMILES string of the molecule is c1cnc(C2CCN(c3nc4ccccc4n4cncc34)CC2)nc1. The number of hydrogen-bond donors (Lipinski definition) is 0. The monoisotopic (exact) mass is 330 g/mol. The summed E-state index contributed by atoms with van der Waals surface area (Å²) in [6.45, 7) is 1.91. The minimum absolute atomic E-state index is 0.429. The van der Waals surface area contributed by atoms with Crippen molar-refractivity contribution in [1.82, 2.24) is 24.3 Å². The van der Waals surface area contributed by atoms with Gasteiger partial charge in [-0.3, -0.25) is 4.40 Å². The number of hydrogen-bond acceptors (Lipinski definition) is 5. The summed E-state index contributed by atoms with van der Waals surface area (Å²) in [5.74, 6) is 2.41. The average Bonchev–Trinajstić information content (AvgIpc) is 3.18. The molecular weight excluding hydrogens is 312 g/mol. The maximum atomic E-state index is 4.93. The summed E-state index contributed by atoms with van der Waals surface area (Å²) < 4.78 is 2.13. The van der Waals surface area contributed by atoms with E-state index in [1.165, 1.54) is 0 Å². The predicted octanol–water partition coefficient (Wildman–Crippen LogP) is 3.06. The maximum Gasteiger partial charge on any atom is 0.155 e. The Kier molecular flexibility index (Phi) is 3.33. The van der Waals surface area contributed by atoms with Crippen molar-refractivity contribution in [2.24, 2.45) is 0 Å². The normalized spacial score (nSPS) is 15.9. The van der Waals surface area contributed by atoms with Crippen LogP contribution in [-0.2, 0) is 0 Å². The largest absolute Gasteiger partial charge is 0.355 e. The summed E-state index contributed by atoms with van der Waals surface area (Å²) in [6.07, 6.45) is 9.51. The molecule has 1 aliphatic heterocycles. The van der Waals surface area contributed by atoms with E-state index in [0.29, 0.717) is 5.92 Å². The number of fused-ring (bicyclic) bond motifs is 3. The van der Waals surface area contributed by atoms with Gasteiger partial charge in [0.2, 0.25) is 0 Å². The highest BCUT2D eigenvalue weighted by Gasteiger charge is 2.25. The van der Waals surface area contributed by atoms with Crippen molar-refractivity contribution >= 4 is 22.4 Å². The Bertz CT molecular complexity index is 1020. The van der Waals surface area contributed by atoms with Crippen LogP contribution in [0.5, 0.6) is 0 Å². The lowest BCUT2D eigenvalue weighted by atomic mass is 9.96. The van der Waals surface area contributed by atoms with Crippen LogP contribution in [0.25, 0.3) is 16.6 Å². The van der Waals surface area contributed by atoms with Gasteiger partial charge in [0.05, 0.1) is 23.6 Å². The van der Waals surface area contributed by atoms with E-state index in [9.17, 15) is 0 Å². The zero-order valence-corrected chi connectivity index (χ0v) is 13.8. The zero-order chi connectivity index (χ0) is 16.6. The molecule has 124 valence electrons. The minimum Gasteiger partial charge on any atom is -0.355 e. The van der Waals surface area contributed by atoms with Crippen LogP contribution in [0.2, 0.25) is 0 Å². The molecule has 3 aromatic heterocycles. The molecule has 0 atom stereocenters. The molecule has 5 rings (SSSR count). The molecule has 0 saturated carbocycles. The molecule has 25 heavy (non-hydrogen) atoms. The lowest BCUT2D eigenvalue weighted by Crippen LogP contribution is -2.34. The van der Waals surface area contributed by atoms with Gasteiger partial charge in [-0.1, -0.05) is 12.1 Å². The molecule has 0 radical (unpaired) electrons. The van der Waals surface area contributed by atoms with E-state index in [1.807, 2.05) is 43.1 Å². The number of rotatable bonds is 2. The fourth-order valence-electron chi connectivity index (χ4n) is 3.69. The van der Waals surface area contributed by atoms with Crippen LogP contribution >= 0.6 is 0 Å². The van der Waals surface area contributed by atoms with E-state index < -0.39 is 0 Å². The minimum atomic E-state index is 0.429. The van der Waals surface area contributed by atoms with Crippen LogP contribution in [0.1, 0.15) is 24.6 Å². The second-order valence-corrected chi connectivity index (χ2v) is 6.44. The summed E-state index contributed by atoms with van der Waals surface area (Å²) >= 11 is 0. The van der Waals surface area contributed by atoms with Gasteiger partial charge in [0.1, 0.15) is 11.3 Å². The fraction of sp³-hybridized carbons (Fsp3) is 0.263. The van der Waals surface area contributed by atoms with Gasteiger partial charge in [-0.25, -0.2) is 19.9 Å². The van der Waals surface area contributed by atoms with Crippen molar-refractivity contribution in [3.63, 3.8) is 0 Å².